The molecule has 0 aliphatic carbocycles. The summed E-state index contributed by atoms with van der Waals surface area (Å²) in [5, 5.41) is 5.83. The highest BCUT2D eigenvalue weighted by Crippen LogP contribution is 2.48. The largest absolute Gasteiger partial charge is 0.357 e. The lowest BCUT2D eigenvalue weighted by Crippen LogP contribution is -2.36. The van der Waals surface area contributed by atoms with Crippen LogP contribution in [0.4, 0.5) is 5.69 Å². The molecule has 6 rings (SSSR count). The van der Waals surface area contributed by atoms with Gasteiger partial charge in [-0.2, -0.15) is 0 Å². The van der Waals surface area contributed by atoms with E-state index in [4.69, 9.17) is 12.2 Å². The normalized spacial score (nSPS) is 15.1. The maximum absolute atomic E-state index is 5.98. The number of para-hydroxylation sites is 3. The fourth-order valence-corrected chi connectivity index (χ4v) is 4.93. The predicted octanol–water partition coefficient (Wildman–Crippen LogP) is 5.74. The molecule has 3 N–H and O–H groups in total. The Balaban J connectivity index is 1.73. The summed E-state index contributed by atoms with van der Waals surface area (Å²) in [5.74, 6) is 0. The molecule has 0 atom stereocenters. The summed E-state index contributed by atoms with van der Waals surface area (Å²) in [5.41, 5.74) is 6.01. The van der Waals surface area contributed by atoms with Crippen molar-refractivity contribution in [2.45, 2.75) is 5.41 Å². The fraction of sp³-hybridized carbons (Fsp3) is 0.0417. The van der Waals surface area contributed by atoms with Crippen LogP contribution in [0.1, 0.15) is 17.0 Å². The monoisotopic (exact) mass is 379 g/mol. The Morgan fingerprint density at radius 3 is 1.79 bits per heavy atom. The zero-order valence-corrected chi connectivity index (χ0v) is 15.8. The van der Waals surface area contributed by atoms with Gasteiger partial charge in [-0.25, -0.2) is 0 Å². The number of H-pyrrole nitrogens is 2. The third-order valence-electron chi connectivity index (χ3n) is 5.79. The lowest BCUT2D eigenvalue weighted by Gasteiger charge is -2.28. The van der Waals surface area contributed by atoms with Crippen LogP contribution in [-0.4, -0.2) is 15.0 Å². The first-order valence-corrected chi connectivity index (χ1v) is 9.75. The van der Waals surface area contributed by atoms with Gasteiger partial charge in [0.2, 0.25) is 0 Å². The van der Waals surface area contributed by atoms with E-state index in [1.54, 1.807) is 0 Å². The van der Waals surface area contributed by atoms with Crippen molar-refractivity contribution in [1.29, 1.82) is 0 Å². The van der Waals surface area contributed by atoms with E-state index in [1.807, 2.05) is 6.07 Å². The van der Waals surface area contributed by atoms with Crippen LogP contribution < -0.4 is 5.32 Å². The smallest absolute Gasteiger partial charge is 0.127 e. The molecular weight excluding hydrogens is 362 g/mol. The SMILES string of the molecule is S=C1Nc2ccccc2C1(c1cc2ccccc2[nH]1)c1cc2ccccc2[nH]1. The molecule has 0 fully saturated rings. The summed E-state index contributed by atoms with van der Waals surface area (Å²) in [6, 6.07) is 29.5. The van der Waals surface area contributed by atoms with Crippen molar-refractivity contribution < 1.29 is 0 Å². The van der Waals surface area contributed by atoms with Gasteiger partial charge in [-0.15, -0.1) is 0 Å². The zero-order valence-electron chi connectivity index (χ0n) is 15.0. The number of nitrogens with one attached hydrogen (secondary N) is 3. The van der Waals surface area contributed by atoms with Crippen molar-refractivity contribution in [3.05, 3.63) is 102 Å². The molecule has 28 heavy (non-hydrogen) atoms. The first kappa shape index (κ1) is 15.7. The minimum atomic E-state index is -0.579. The summed E-state index contributed by atoms with van der Waals surface area (Å²) >= 11 is 5.98. The van der Waals surface area contributed by atoms with Crippen LogP contribution in [0, 0.1) is 0 Å². The average Bonchev–Trinajstić information content (AvgIpc) is 3.40. The summed E-state index contributed by atoms with van der Waals surface area (Å²) in [4.78, 5) is 8.07. The molecule has 3 nitrogen and oxygen atoms in total. The van der Waals surface area contributed by atoms with Gasteiger partial charge in [-0.1, -0.05) is 66.8 Å². The van der Waals surface area contributed by atoms with Gasteiger partial charge in [0.1, 0.15) is 10.4 Å². The van der Waals surface area contributed by atoms with E-state index < -0.39 is 5.41 Å². The summed E-state index contributed by atoms with van der Waals surface area (Å²) in [6.07, 6.45) is 0. The van der Waals surface area contributed by atoms with E-state index in [1.165, 1.54) is 10.8 Å². The van der Waals surface area contributed by atoms with Crippen molar-refractivity contribution in [1.82, 2.24) is 9.97 Å². The number of fused-ring (bicyclic) bond motifs is 3. The Morgan fingerprint density at radius 1 is 0.643 bits per heavy atom. The molecule has 2 aromatic heterocycles. The molecule has 1 aliphatic rings. The van der Waals surface area contributed by atoms with Gasteiger partial charge in [-0.05, 0) is 41.1 Å². The highest BCUT2D eigenvalue weighted by molar-refractivity contribution is 7.80. The quantitative estimate of drug-likeness (QED) is 0.343. The lowest BCUT2D eigenvalue weighted by molar-refractivity contribution is 0.804. The van der Waals surface area contributed by atoms with Crippen molar-refractivity contribution in [2.75, 3.05) is 5.32 Å². The van der Waals surface area contributed by atoms with E-state index in [-0.39, 0.29) is 0 Å². The van der Waals surface area contributed by atoms with Crippen LogP contribution in [0.3, 0.4) is 0 Å². The molecule has 4 heteroatoms. The van der Waals surface area contributed by atoms with Crippen molar-refractivity contribution in [3.8, 4) is 0 Å². The standard InChI is InChI=1S/C24H17N3S/c28-23-24(17-9-3-6-12-20(17)27-23,21-13-15-7-1-4-10-18(15)25-21)22-14-16-8-2-5-11-19(16)26-22/h1-14,25-26H,(H,27,28). The molecule has 0 saturated carbocycles. The third-order valence-corrected chi connectivity index (χ3v) is 6.20. The Labute approximate surface area is 167 Å². The van der Waals surface area contributed by atoms with Crippen molar-refractivity contribution in [2.24, 2.45) is 0 Å². The molecule has 0 saturated heterocycles. The van der Waals surface area contributed by atoms with Crippen LogP contribution in [-0.2, 0) is 5.41 Å². The molecule has 1 aliphatic heterocycles. The number of aromatic nitrogens is 2. The van der Waals surface area contributed by atoms with Crippen molar-refractivity contribution >= 4 is 44.7 Å². The Bertz CT molecular complexity index is 1230. The second-order valence-corrected chi connectivity index (χ2v) is 7.70. The van der Waals surface area contributed by atoms with E-state index in [9.17, 15) is 0 Å². The number of benzene rings is 3. The number of anilines is 1. The molecular formula is C24H17N3S. The van der Waals surface area contributed by atoms with Gasteiger partial charge in [0.05, 0.1) is 0 Å². The maximum Gasteiger partial charge on any atom is 0.127 e. The molecule has 0 unspecified atom stereocenters. The Morgan fingerprint density at radius 2 is 1.18 bits per heavy atom. The van der Waals surface area contributed by atoms with Crippen LogP contribution in [0.25, 0.3) is 21.8 Å². The number of hydrogen-bond acceptors (Lipinski definition) is 1. The number of thiocarbonyl (C=S) groups is 1. The molecule has 3 aromatic carbocycles. The number of aromatic amines is 2. The predicted molar refractivity (Wildman–Crippen MR) is 119 cm³/mol. The Hall–Kier alpha value is -3.37. The van der Waals surface area contributed by atoms with Crippen LogP contribution >= 0.6 is 12.2 Å². The number of hydrogen-bond donors (Lipinski definition) is 3. The second kappa shape index (κ2) is 5.57. The summed E-state index contributed by atoms with van der Waals surface area (Å²) in [6.45, 7) is 0. The van der Waals surface area contributed by atoms with Gasteiger partial charge >= 0.3 is 0 Å². The molecule has 0 radical (unpaired) electrons. The van der Waals surface area contributed by atoms with Crippen LogP contribution in [0.15, 0.2) is 84.9 Å². The number of rotatable bonds is 2. The van der Waals surface area contributed by atoms with E-state index in [0.29, 0.717) is 0 Å². The van der Waals surface area contributed by atoms with Gasteiger partial charge in [0, 0.05) is 33.7 Å². The van der Waals surface area contributed by atoms with E-state index >= 15 is 0 Å². The molecule has 5 aromatic rings. The topological polar surface area (TPSA) is 43.6 Å². The summed E-state index contributed by atoms with van der Waals surface area (Å²) in [7, 11) is 0. The maximum atomic E-state index is 5.98. The third kappa shape index (κ3) is 1.95. The average molecular weight is 379 g/mol. The lowest BCUT2D eigenvalue weighted by atomic mass is 9.76. The molecule has 0 spiro atoms. The van der Waals surface area contributed by atoms with Crippen molar-refractivity contribution in [3.63, 3.8) is 0 Å². The zero-order chi connectivity index (χ0) is 18.7. The van der Waals surface area contributed by atoms with E-state index in [2.05, 4.69) is 94.1 Å². The minimum Gasteiger partial charge on any atom is -0.357 e. The fourth-order valence-electron chi connectivity index (χ4n) is 4.49. The van der Waals surface area contributed by atoms with Gasteiger partial charge < -0.3 is 15.3 Å². The molecule has 3 heterocycles. The minimum absolute atomic E-state index is 0.579. The van der Waals surface area contributed by atoms with Crippen LogP contribution in [0.5, 0.6) is 0 Å². The van der Waals surface area contributed by atoms with Gasteiger partial charge in [0.25, 0.3) is 0 Å². The highest BCUT2D eigenvalue weighted by Gasteiger charge is 2.49. The Kier molecular flexibility index (Phi) is 3.11. The summed E-state index contributed by atoms with van der Waals surface area (Å²) < 4.78 is 0. The molecule has 0 amide bonds. The van der Waals surface area contributed by atoms with Crippen LogP contribution in [0.2, 0.25) is 0 Å². The first-order valence-electron chi connectivity index (χ1n) is 9.34. The highest BCUT2D eigenvalue weighted by atomic mass is 32.1. The van der Waals surface area contributed by atoms with Gasteiger partial charge in [0.15, 0.2) is 0 Å². The second-order valence-electron chi connectivity index (χ2n) is 7.29. The van der Waals surface area contributed by atoms with Gasteiger partial charge in [-0.3, -0.25) is 0 Å². The molecule has 0 bridgehead atoms. The molecule has 134 valence electrons. The van der Waals surface area contributed by atoms with E-state index in [0.717, 1.165) is 38.7 Å². The first-order chi connectivity index (χ1) is 13.8.